The maximum Gasteiger partial charge on any atom is 0.490 e. The lowest BCUT2D eigenvalue weighted by Crippen LogP contribution is -2.54. The standard InChI is InChI=1S/C36H56ClN9O12.2C2HF3O2/c1-3-45-20-6-5-19(11-21(20)46(4-2)26(45)12-40-35(57)27-33(38)42-34(39)32(37)41-27)36(58)44-9-7-18(8-10-44)13-43(14-22(49)28(53)30(55)24(51)16-47)15-23(50)29(54)31(56)25(52)17-48;2*3-2(4,5)1(6)7/h5-6,11,18,22-25,28-31,47-56H,3-4,7-10,12-17H2,1-2H3,(H4-,38,39,40,42,57);2*(H,6,7). The lowest BCUT2D eigenvalue weighted by Gasteiger charge is -2.38. The SMILES string of the molecule is CCn1c(CNC(=O)c2nc(Cl)c(N)nc2N)[n+](CC)c2ccc(C(=O)N3CCC(CN(CC(O)C(O)C(O)C(O)CO)CC(O)C(O)C(O)C(O)CO)CC3)cc21.O=C(O)C(F)(F)F.O=C([O-])C(F)(F)F. The number of halogens is 7. The quantitative estimate of drug-likeness (QED) is 0.0374. The van der Waals surface area contributed by atoms with Gasteiger partial charge < -0.3 is 87.8 Å². The molecule has 0 aliphatic carbocycles. The number of benzene rings is 1. The molecule has 1 saturated heterocycles. The number of nitrogen functional groups attached to an aromatic ring is 2. The summed E-state index contributed by atoms with van der Waals surface area (Å²) >= 11 is 5.97. The Morgan fingerprint density at radius 3 is 1.72 bits per heavy atom. The van der Waals surface area contributed by atoms with Gasteiger partial charge in [0, 0.05) is 44.4 Å². The molecular formula is C40H58ClF6N9O16. The summed E-state index contributed by atoms with van der Waals surface area (Å²) in [5.41, 5.74) is 13.4. The zero-order chi connectivity index (χ0) is 55.2. The van der Waals surface area contributed by atoms with Gasteiger partial charge >= 0.3 is 18.3 Å². The van der Waals surface area contributed by atoms with Gasteiger partial charge in [0.2, 0.25) is 0 Å². The fraction of sp³-hybridized carbons (Fsp3) is 0.625. The zero-order valence-electron chi connectivity index (χ0n) is 38.4. The number of aliphatic carboxylic acids is 2. The van der Waals surface area contributed by atoms with Crippen molar-refractivity contribution in [2.24, 2.45) is 5.92 Å². The van der Waals surface area contributed by atoms with Crippen LogP contribution in [-0.4, -0.2) is 211 Å². The van der Waals surface area contributed by atoms with Crippen LogP contribution < -0.4 is 26.5 Å². The molecule has 3 aromatic rings. The van der Waals surface area contributed by atoms with E-state index < -0.39 is 92.2 Å². The minimum absolute atomic E-state index is 0.0918. The molecule has 32 heteroatoms. The Hall–Kier alpha value is -5.32. The number of aliphatic hydroxyl groups excluding tert-OH is 10. The van der Waals surface area contributed by atoms with Crippen LogP contribution >= 0.6 is 11.6 Å². The Kier molecular flexibility index (Phi) is 24.1. The number of nitrogens with one attached hydrogen (secondary N) is 1. The average Bonchev–Trinajstić information content (AvgIpc) is 3.63. The molecule has 1 aliphatic heterocycles. The Bertz CT molecular complexity index is 2220. The number of likely N-dealkylation sites (tertiary alicyclic amines) is 1. The number of carboxylic acids is 2. The van der Waals surface area contributed by atoms with Gasteiger partial charge in [0.05, 0.1) is 38.5 Å². The van der Waals surface area contributed by atoms with E-state index in [2.05, 4.69) is 15.3 Å². The fourth-order valence-corrected chi connectivity index (χ4v) is 7.36. The molecule has 16 N–H and O–H groups in total. The molecule has 8 unspecified atom stereocenters. The van der Waals surface area contributed by atoms with Crippen molar-refractivity contribution in [2.75, 3.05) is 57.4 Å². The van der Waals surface area contributed by atoms with Gasteiger partial charge in [0.15, 0.2) is 33.5 Å². The number of carbonyl (C=O) groups is 4. The summed E-state index contributed by atoms with van der Waals surface area (Å²) in [4.78, 5) is 55.6. The number of amides is 2. The molecule has 8 atom stereocenters. The van der Waals surface area contributed by atoms with Crippen LogP contribution in [0.25, 0.3) is 11.0 Å². The van der Waals surface area contributed by atoms with Crippen molar-refractivity contribution in [3.63, 3.8) is 0 Å². The number of aliphatic hydroxyl groups is 10. The molecule has 1 aliphatic rings. The Labute approximate surface area is 409 Å². The third kappa shape index (κ3) is 17.4. The van der Waals surface area contributed by atoms with E-state index >= 15 is 0 Å². The predicted molar refractivity (Wildman–Crippen MR) is 233 cm³/mol. The number of rotatable bonds is 20. The summed E-state index contributed by atoms with van der Waals surface area (Å²) in [5, 5.41) is 119. The summed E-state index contributed by atoms with van der Waals surface area (Å²) in [7, 11) is 0. The number of anilines is 2. The third-order valence-corrected chi connectivity index (χ3v) is 11.3. The van der Waals surface area contributed by atoms with Crippen LogP contribution in [0.2, 0.25) is 5.15 Å². The molecule has 3 heterocycles. The number of piperidine rings is 1. The first kappa shape index (κ1) is 62.8. The highest BCUT2D eigenvalue weighted by Gasteiger charge is 2.39. The van der Waals surface area contributed by atoms with Crippen molar-refractivity contribution in [2.45, 2.75) is 108 Å². The molecule has 72 heavy (non-hydrogen) atoms. The van der Waals surface area contributed by atoms with Gasteiger partial charge in [-0.05, 0) is 44.7 Å². The fourth-order valence-electron chi connectivity index (χ4n) is 7.23. The van der Waals surface area contributed by atoms with Crippen LogP contribution in [0.1, 0.15) is 53.4 Å². The van der Waals surface area contributed by atoms with Gasteiger partial charge in [-0.2, -0.15) is 26.3 Å². The lowest BCUT2D eigenvalue weighted by molar-refractivity contribution is -0.676. The van der Waals surface area contributed by atoms with Gasteiger partial charge in [-0.3, -0.25) is 14.5 Å². The number of carbonyl (C=O) groups excluding carboxylic acids is 3. The molecule has 408 valence electrons. The summed E-state index contributed by atoms with van der Waals surface area (Å²) in [5.74, 6) is -6.20. The first-order chi connectivity index (χ1) is 33.4. The highest BCUT2D eigenvalue weighted by Crippen LogP contribution is 2.25. The van der Waals surface area contributed by atoms with E-state index in [0.717, 1.165) is 16.9 Å². The normalized spacial score (nSPS) is 16.8. The first-order valence-corrected chi connectivity index (χ1v) is 21.9. The molecule has 0 saturated carbocycles. The van der Waals surface area contributed by atoms with Crippen molar-refractivity contribution < 1.29 is 111 Å². The Morgan fingerprint density at radius 2 is 1.31 bits per heavy atom. The molecule has 2 aromatic heterocycles. The van der Waals surface area contributed by atoms with Crippen molar-refractivity contribution >= 4 is 58.0 Å². The van der Waals surface area contributed by atoms with Gasteiger partial charge in [-0.1, -0.05) is 11.6 Å². The number of hydrogen-bond acceptors (Lipinski definition) is 20. The predicted octanol–water partition coefficient (Wildman–Crippen LogP) is -4.54. The minimum Gasteiger partial charge on any atom is -0.542 e. The lowest BCUT2D eigenvalue weighted by atomic mass is 9.94. The van der Waals surface area contributed by atoms with Crippen LogP contribution in [0.5, 0.6) is 0 Å². The van der Waals surface area contributed by atoms with E-state index in [1.807, 2.05) is 29.0 Å². The largest absolute Gasteiger partial charge is 0.542 e. The summed E-state index contributed by atoms with van der Waals surface area (Å²) in [6.07, 6.45) is -23.8. The Morgan fingerprint density at radius 1 is 0.833 bits per heavy atom. The number of nitrogens with zero attached hydrogens (tertiary/aromatic N) is 6. The molecule has 0 spiro atoms. The molecule has 1 aromatic carbocycles. The summed E-state index contributed by atoms with van der Waals surface area (Å²) in [6.45, 7) is 3.41. The van der Waals surface area contributed by atoms with Crippen LogP contribution in [0, 0.1) is 5.92 Å². The molecule has 0 bridgehead atoms. The molecule has 4 rings (SSSR count). The minimum atomic E-state index is -5.19. The van der Waals surface area contributed by atoms with Crippen molar-refractivity contribution in [1.82, 2.24) is 29.7 Å². The van der Waals surface area contributed by atoms with E-state index in [4.69, 9.17) is 53.1 Å². The number of aryl methyl sites for hydroxylation is 2. The topological polar surface area (TPSA) is 419 Å². The second-order valence-corrected chi connectivity index (χ2v) is 16.4. The van der Waals surface area contributed by atoms with Crippen molar-refractivity contribution in [3.05, 3.63) is 40.4 Å². The summed E-state index contributed by atoms with van der Waals surface area (Å²) in [6, 6.07) is 5.40. The number of imidazole rings is 1. The van der Waals surface area contributed by atoms with Gasteiger partial charge in [-0.15, -0.1) is 0 Å². The number of fused-ring (bicyclic) bond motifs is 1. The zero-order valence-corrected chi connectivity index (χ0v) is 39.1. The highest BCUT2D eigenvalue weighted by atomic mass is 35.5. The first-order valence-electron chi connectivity index (χ1n) is 21.5. The Balaban J connectivity index is 0.00000111. The average molecular weight is 1070 g/mol. The molecular weight excluding hydrogens is 1010 g/mol. The summed E-state index contributed by atoms with van der Waals surface area (Å²) < 4.78 is 67.3. The maximum absolute atomic E-state index is 13.9. The van der Waals surface area contributed by atoms with E-state index in [9.17, 15) is 76.8 Å². The van der Waals surface area contributed by atoms with Crippen molar-refractivity contribution in [3.8, 4) is 0 Å². The second kappa shape index (κ2) is 27.7. The smallest absolute Gasteiger partial charge is 0.490 e. The molecule has 0 radical (unpaired) electrons. The number of nitrogens with two attached hydrogens (primary N) is 2. The second-order valence-electron chi connectivity index (χ2n) is 16.1. The van der Waals surface area contributed by atoms with E-state index in [1.165, 1.54) is 4.90 Å². The highest BCUT2D eigenvalue weighted by molar-refractivity contribution is 6.31. The van der Waals surface area contributed by atoms with Gasteiger partial charge in [0.25, 0.3) is 17.6 Å². The maximum atomic E-state index is 13.9. The van der Waals surface area contributed by atoms with Crippen LogP contribution in [0.3, 0.4) is 0 Å². The monoisotopic (exact) mass is 1070 g/mol. The third-order valence-electron chi connectivity index (χ3n) is 11.0. The van der Waals surface area contributed by atoms with E-state index in [-0.39, 0.29) is 60.5 Å². The van der Waals surface area contributed by atoms with E-state index in [1.54, 1.807) is 17.0 Å². The molecule has 1 fully saturated rings. The van der Waals surface area contributed by atoms with Crippen molar-refractivity contribution in [1.29, 1.82) is 0 Å². The van der Waals surface area contributed by atoms with Gasteiger partial charge in [-0.25, -0.2) is 23.9 Å². The van der Waals surface area contributed by atoms with Crippen LogP contribution in [0.4, 0.5) is 38.0 Å². The molecule has 25 nitrogen and oxygen atoms in total. The van der Waals surface area contributed by atoms with Gasteiger partial charge in [0.1, 0.15) is 49.1 Å². The van der Waals surface area contributed by atoms with E-state index in [0.29, 0.717) is 44.6 Å². The number of alkyl halides is 6. The number of carboxylic acid groups (broad SMARTS) is 2. The number of aromatic nitrogens is 4. The van der Waals surface area contributed by atoms with Crippen LogP contribution in [0.15, 0.2) is 18.2 Å². The molecule has 2 amide bonds. The number of hydrogen-bond donors (Lipinski definition) is 14. The van der Waals surface area contributed by atoms with Crippen LogP contribution in [-0.2, 0) is 29.2 Å².